The zero-order chi connectivity index (χ0) is 33.6. The zero-order valence-electron chi connectivity index (χ0n) is 29.4. The van der Waals surface area contributed by atoms with Crippen LogP contribution in [0.2, 0.25) is 0 Å². The van der Waals surface area contributed by atoms with Gasteiger partial charge in [0, 0.05) is 44.8 Å². The average molecular weight is 692 g/mol. The van der Waals surface area contributed by atoms with Crippen molar-refractivity contribution in [3.05, 3.63) is 133 Å². The third-order valence-corrected chi connectivity index (χ3v) is 6.21. The summed E-state index contributed by atoms with van der Waals surface area (Å²) in [6.45, 7) is -7.32. The fraction of sp³-hybridized carbons (Fsp3) is 0.0882. The number of hydrogen-bond donors (Lipinski definition) is 0. The fourth-order valence-electron chi connectivity index (χ4n) is 4.54. The molecule has 0 saturated heterocycles. The van der Waals surface area contributed by atoms with Crippen LogP contribution in [0.5, 0.6) is 0 Å². The van der Waals surface area contributed by atoms with Crippen LogP contribution >= 0.6 is 0 Å². The van der Waals surface area contributed by atoms with Gasteiger partial charge in [0.25, 0.3) is 0 Å². The molecule has 7 rings (SSSR count). The van der Waals surface area contributed by atoms with Gasteiger partial charge < -0.3 is 14.4 Å². The number of fused-ring (bicyclic) bond motifs is 6. The van der Waals surface area contributed by atoms with E-state index >= 15 is 0 Å². The molecule has 4 heterocycles. The van der Waals surface area contributed by atoms with Crippen LogP contribution in [0.15, 0.2) is 103 Å². The quantitative estimate of drug-likeness (QED) is 0.137. The summed E-state index contributed by atoms with van der Waals surface area (Å²) in [7, 11) is 0. The summed E-state index contributed by atoms with van der Waals surface area (Å²) >= 11 is 0. The molecule has 0 fully saturated rings. The third kappa shape index (κ3) is 4.99. The van der Waals surface area contributed by atoms with Gasteiger partial charge in [-0.3, -0.25) is 0 Å². The SMILES string of the molecule is [2H]C([2H])([2H])c1ccc(-c2[c-]cccc2)nc1.[2H]C([2H])([2H])c1nc(C([2H])([2H])[2H])n2c3ccc[c-]c3c3nccc(-c4ccccc4)c3c12.[Ir]. The van der Waals surface area contributed by atoms with Crippen molar-refractivity contribution in [3.8, 4) is 22.4 Å². The van der Waals surface area contributed by atoms with Gasteiger partial charge in [-0.15, -0.1) is 65.5 Å². The summed E-state index contributed by atoms with van der Waals surface area (Å²) in [6, 6.07) is 33.4. The second kappa shape index (κ2) is 11.3. The first-order valence-corrected chi connectivity index (χ1v) is 11.9. The molecule has 1 radical (unpaired) electrons. The summed E-state index contributed by atoms with van der Waals surface area (Å²) in [5.74, 6) is -0.289. The van der Waals surface area contributed by atoms with E-state index < -0.39 is 20.6 Å². The Morgan fingerprint density at radius 1 is 0.795 bits per heavy atom. The average Bonchev–Trinajstić information content (AvgIpc) is 3.48. The van der Waals surface area contributed by atoms with E-state index in [1.807, 2.05) is 48.5 Å². The first-order valence-electron chi connectivity index (χ1n) is 16.4. The monoisotopic (exact) mass is 692 g/mol. The molecule has 0 atom stereocenters. The van der Waals surface area contributed by atoms with Crippen molar-refractivity contribution in [2.24, 2.45) is 0 Å². The second-order valence-electron chi connectivity index (χ2n) is 8.55. The molecule has 4 nitrogen and oxygen atoms in total. The number of imidazole rings is 1. The van der Waals surface area contributed by atoms with Gasteiger partial charge in [0.1, 0.15) is 5.82 Å². The van der Waals surface area contributed by atoms with Gasteiger partial charge in [-0.2, -0.15) is 0 Å². The van der Waals surface area contributed by atoms with Crippen LogP contribution in [0, 0.1) is 32.7 Å². The first kappa shape index (κ1) is 17.4. The minimum absolute atomic E-state index is 0. The Hall–Kier alpha value is -4.18. The normalized spacial score (nSPS) is 15.1. The van der Waals surface area contributed by atoms with Crippen LogP contribution in [-0.2, 0) is 20.1 Å². The summed E-state index contributed by atoms with van der Waals surface area (Å²) in [6.07, 6.45) is 3.06. The number of hydrogen-bond acceptors (Lipinski definition) is 3. The number of pyridine rings is 3. The van der Waals surface area contributed by atoms with Gasteiger partial charge in [-0.1, -0.05) is 42.5 Å². The Morgan fingerprint density at radius 2 is 1.67 bits per heavy atom. The molecule has 0 unspecified atom stereocenters. The molecule has 4 aromatic heterocycles. The molecule has 0 bridgehead atoms. The molecule has 5 heteroatoms. The molecule has 0 N–H and O–H groups in total. The van der Waals surface area contributed by atoms with Crippen molar-refractivity contribution in [2.75, 3.05) is 0 Å². The number of benzene rings is 3. The standard InChI is InChI=1S/C22H16N3.C12H10N.Ir/c1-14-22-20-17(16-8-4-3-5-9-16)12-13-23-21(20)18-10-6-7-11-19(18)25(22)15(2)24-14;1-10-7-8-12(13-9-10)11-5-3-2-4-6-11;/h3-9,11-13H,1-2H3;2-5,7-9H,1H3;/q2*-1;/i1D3,2D3;1D3;. The molecule has 0 aliphatic carbocycles. The van der Waals surface area contributed by atoms with Crippen LogP contribution in [0.1, 0.15) is 29.4 Å². The largest absolute Gasteiger partial charge is 0.339 e. The maximum absolute atomic E-state index is 8.08. The van der Waals surface area contributed by atoms with Crippen molar-refractivity contribution in [1.82, 2.24) is 19.4 Å². The van der Waals surface area contributed by atoms with E-state index in [0.29, 0.717) is 21.8 Å². The molecule has 0 saturated carbocycles. The van der Waals surface area contributed by atoms with E-state index in [2.05, 4.69) is 27.1 Å². The number of aryl methyl sites for hydroxylation is 3. The molecule has 3 aromatic carbocycles. The Kier molecular flexibility index (Phi) is 5.04. The van der Waals surface area contributed by atoms with Crippen molar-refractivity contribution < 1.29 is 32.4 Å². The van der Waals surface area contributed by atoms with Crippen LogP contribution in [0.25, 0.3) is 49.7 Å². The summed E-state index contributed by atoms with van der Waals surface area (Å²) in [4.78, 5) is 12.8. The van der Waals surface area contributed by atoms with Gasteiger partial charge in [-0.05, 0) is 65.4 Å². The minimum atomic E-state index is -2.61. The van der Waals surface area contributed by atoms with Gasteiger partial charge in [0.2, 0.25) is 0 Å². The van der Waals surface area contributed by atoms with Gasteiger partial charge >= 0.3 is 0 Å². The van der Waals surface area contributed by atoms with Crippen LogP contribution in [-0.4, -0.2) is 19.4 Å². The van der Waals surface area contributed by atoms with Crippen molar-refractivity contribution in [2.45, 2.75) is 20.6 Å². The number of aromatic nitrogens is 4. The van der Waals surface area contributed by atoms with E-state index in [0.717, 1.165) is 22.4 Å². The molecule has 0 aliphatic rings. The molecule has 0 spiro atoms. The van der Waals surface area contributed by atoms with E-state index in [9.17, 15) is 0 Å². The molecule has 0 aliphatic heterocycles. The van der Waals surface area contributed by atoms with Gasteiger partial charge in [-0.25, -0.2) is 4.98 Å². The van der Waals surface area contributed by atoms with Crippen LogP contribution < -0.4 is 0 Å². The topological polar surface area (TPSA) is 43.1 Å². The summed E-state index contributed by atoms with van der Waals surface area (Å²) < 4.78 is 71.4. The summed E-state index contributed by atoms with van der Waals surface area (Å²) in [5.41, 5.74) is 4.49. The maximum Gasteiger partial charge on any atom is 0.102 e. The molecule has 193 valence electrons. The number of nitrogens with zero attached hydrogens (tertiary/aromatic N) is 4. The van der Waals surface area contributed by atoms with Crippen molar-refractivity contribution >= 4 is 27.3 Å². The first-order chi connectivity index (χ1) is 22.2. The zero-order valence-corrected chi connectivity index (χ0v) is 22.8. The van der Waals surface area contributed by atoms with Gasteiger partial charge in [0.05, 0.1) is 11.2 Å². The van der Waals surface area contributed by atoms with Gasteiger partial charge in [0.15, 0.2) is 0 Å². The second-order valence-corrected chi connectivity index (χ2v) is 8.55. The smallest absolute Gasteiger partial charge is 0.102 e. The van der Waals surface area contributed by atoms with Crippen LogP contribution in [0.4, 0.5) is 0 Å². The Morgan fingerprint density at radius 3 is 2.41 bits per heavy atom. The number of rotatable bonds is 2. The Labute approximate surface area is 254 Å². The maximum atomic E-state index is 8.08. The predicted molar refractivity (Wildman–Crippen MR) is 155 cm³/mol. The van der Waals surface area contributed by atoms with E-state index in [1.165, 1.54) is 10.6 Å². The Bertz CT molecular complexity index is 2190. The molecular formula is C34H26IrN4-2. The summed E-state index contributed by atoms with van der Waals surface area (Å²) in [5, 5.41) is 1.14. The molecule has 7 aromatic rings. The molecular weight excluding hydrogens is 657 g/mol. The minimum Gasteiger partial charge on any atom is -0.339 e. The fourth-order valence-corrected chi connectivity index (χ4v) is 4.54. The Balaban J connectivity index is 0.000000224. The predicted octanol–water partition coefficient (Wildman–Crippen LogP) is 7.97. The molecule has 39 heavy (non-hydrogen) atoms. The van der Waals surface area contributed by atoms with E-state index in [-0.39, 0.29) is 42.7 Å². The third-order valence-electron chi connectivity index (χ3n) is 6.21. The van der Waals surface area contributed by atoms with E-state index in [4.69, 9.17) is 12.3 Å². The molecule has 0 amide bonds. The van der Waals surface area contributed by atoms with Crippen LogP contribution in [0.3, 0.4) is 0 Å². The van der Waals surface area contributed by atoms with E-state index in [1.54, 1.807) is 48.7 Å². The van der Waals surface area contributed by atoms with Crippen molar-refractivity contribution in [3.63, 3.8) is 0 Å². The van der Waals surface area contributed by atoms with Crippen molar-refractivity contribution in [1.29, 1.82) is 0 Å².